The number of nitrogens with zero attached hydrogens (tertiary/aromatic N) is 1. The fourth-order valence-electron chi connectivity index (χ4n) is 1.69. The van der Waals surface area contributed by atoms with Gasteiger partial charge in [0, 0.05) is 6.42 Å². The third-order valence-electron chi connectivity index (χ3n) is 2.76. The molecule has 1 aromatic heterocycles. The van der Waals surface area contributed by atoms with Crippen molar-refractivity contribution in [3.05, 3.63) is 59.5 Å². The normalized spacial score (nSPS) is 9.84. The van der Waals surface area contributed by atoms with E-state index in [0.717, 1.165) is 11.3 Å². The summed E-state index contributed by atoms with van der Waals surface area (Å²) in [4.78, 5) is 11.6. The summed E-state index contributed by atoms with van der Waals surface area (Å²) in [5.74, 6) is 0.729. The molecule has 1 aromatic carbocycles. The monoisotopic (exact) mass is 254 g/mol. The molecule has 2 rings (SSSR count). The molecule has 1 amide bonds. The number of nitrogens with one attached hydrogen (secondary N) is 1. The number of amides is 1. The maximum absolute atomic E-state index is 11.6. The molecule has 4 heteroatoms. The van der Waals surface area contributed by atoms with Crippen molar-refractivity contribution in [2.24, 2.45) is 0 Å². The number of nitriles is 1. The van der Waals surface area contributed by atoms with Gasteiger partial charge in [-0.2, -0.15) is 5.26 Å². The Morgan fingerprint density at radius 2 is 2.05 bits per heavy atom. The van der Waals surface area contributed by atoms with Crippen LogP contribution in [0.4, 0.5) is 0 Å². The van der Waals surface area contributed by atoms with Gasteiger partial charge in [0.15, 0.2) is 0 Å². The van der Waals surface area contributed by atoms with Crippen LogP contribution in [-0.2, 0) is 17.8 Å². The van der Waals surface area contributed by atoms with E-state index in [0.29, 0.717) is 24.9 Å². The lowest BCUT2D eigenvalue weighted by atomic mass is 10.1. The minimum Gasteiger partial charge on any atom is -0.467 e. The average Bonchev–Trinajstić information content (AvgIpc) is 2.96. The Kier molecular flexibility index (Phi) is 4.35. The maximum Gasteiger partial charge on any atom is 0.220 e. The second kappa shape index (κ2) is 6.41. The molecule has 0 spiro atoms. The molecule has 0 saturated carbocycles. The second-order valence-electron chi connectivity index (χ2n) is 4.16. The van der Waals surface area contributed by atoms with Gasteiger partial charge < -0.3 is 9.73 Å². The van der Waals surface area contributed by atoms with Gasteiger partial charge in [0.1, 0.15) is 5.76 Å². The van der Waals surface area contributed by atoms with Crippen molar-refractivity contribution in [1.29, 1.82) is 5.26 Å². The van der Waals surface area contributed by atoms with Crippen LogP contribution < -0.4 is 5.32 Å². The first-order valence-corrected chi connectivity index (χ1v) is 6.06. The van der Waals surface area contributed by atoms with Gasteiger partial charge in [-0.1, -0.05) is 12.1 Å². The third kappa shape index (κ3) is 4.00. The highest BCUT2D eigenvalue weighted by Gasteiger charge is 2.03. The van der Waals surface area contributed by atoms with Gasteiger partial charge in [0.05, 0.1) is 24.4 Å². The molecule has 0 saturated heterocycles. The number of hydrogen-bond acceptors (Lipinski definition) is 3. The molecule has 0 unspecified atom stereocenters. The average molecular weight is 254 g/mol. The standard InChI is InChI=1S/C15H14N2O2/c16-10-13-5-3-12(4-6-13)7-8-15(18)17-11-14-2-1-9-19-14/h1-6,9H,7-8,11H2,(H,17,18). The number of carbonyl (C=O) groups excluding carboxylic acids is 1. The summed E-state index contributed by atoms with van der Waals surface area (Å²) in [5.41, 5.74) is 1.68. The van der Waals surface area contributed by atoms with Crippen molar-refractivity contribution < 1.29 is 9.21 Å². The van der Waals surface area contributed by atoms with Crippen molar-refractivity contribution in [1.82, 2.24) is 5.32 Å². The van der Waals surface area contributed by atoms with E-state index in [4.69, 9.17) is 9.68 Å². The van der Waals surface area contributed by atoms with E-state index < -0.39 is 0 Å². The zero-order valence-corrected chi connectivity index (χ0v) is 10.4. The van der Waals surface area contributed by atoms with Crippen molar-refractivity contribution >= 4 is 5.91 Å². The van der Waals surface area contributed by atoms with Crippen LogP contribution in [0.1, 0.15) is 23.3 Å². The molecule has 96 valence electrons. The smallest absolute Gasteiger partial charge is 0.220 e. The molecule has 0 radical (unpaired) electrons. The number of rotatable bonds is 5. The Bertz CT molecular complexity index is 565. The zero-order chi connectivity index (χ0) is 13.5. The number of benzene rings is 1. The Labute approximate surface area is 111 Å². The number of hydrogen-bond donors (Lipinski definition) is 1. The Morgan fingerprint density at radius 1 is 1.26 bits per heavy atom. The first-order valence-electron chi connectivity index (χ1n) is 6.06. The van der Waals surface area contributed by atoms with E-state index >= 15 is 0 Å². The molecule has 1 N–H and O–H groups in total. The van der Waals surface area contributed by atoms with Gasteiger partial charge in [0.2, 0.25) is 5.91 Å². The van der Waals surface area contributed by atoms with Crippen LogP contribution in [0, 0.1) is 11.3 Å². The van der Waals surface area contributed by atoms with Gasteiger partial charge >= 0.3 is 0 Å². The molecule has 4 nitrogen and oxygen atoms in total. The molecular weight excluding hydrogens is 240 g/mol. The van der Waals surface area contributed by atoms with E-state index in [9.17, 15) is 4.79 Å². The minimum absolute atomic E-state index is 0.0132. The number of carbonyl (C=O) groups is 1. The second-order valence-corrected chi connectivity index (χ2v) is 4.16. The van der Waals surface area contributed by atoms with Crippen LogP contribution in [0.2, 0.25) is 0 Å². The summed E-state index contributed by atoms with van der Waals surface area (Å²) in [6, 6.07) is 12.9. The van der Waals surface area contributed by atoms with Crippen LogP contribution in [0.25, 0.3) is 0 Å². The number of furan rings is 1. The van der Waals surface area contributed by atoms with E-state index in [2.05, 4.69) is 11.4 Å². The summed E-state index contributed by atoms with van der Waals surface area (Å²) in [5, 5.41) is 11.5. The lowest BCUT2D eigenvalue weighted by molar-refractivity contribution is -0.121. The highest BCUT2D eigenvalue weighted by atomic mass is 16.3. The fourth-order valence-corrected chi connectivity index (χ4v) is 1.69. The van der Waals surface area contributed by atoms with Crippen molar-refractivity contribution in [3.8, 4) is 6.07 Å². The predicted molar refractivity (Wildman–Crippen MR) is 70.0 cm³/mol. The molecule has 0 aliphatic heterocycles. The molecule has 1 heterocycles. The van der Waals surface area contributed by atoms with Crippen molar-refractivity contribution in [3.63, 3.8) is 0 Å². The van der Waals surface area contributed by atoms with Gasteiger partial charge in [-0.05, 0) is 36.2 Å². The molecule has 0 atom stereocenters. The van der Waals surface area contributed by atoms with E-state index in [1.807, 2.05) is 18.2 Å². The topological polar surface area (TPSA) is 66.0 Å². The van der Waals surface area contributed by atoms with E-state index in [1.54, 1.807) is 24.5 Å². The third-order valence-corrected chi connectivity index (χ3v) is 2.76. The van der Waals surface area contributed by atoms with Crippen LogP contribution in [-0.4, -0.2) is 5.91 Å². The van der Waals surface area contributed by atoms with E-state index in [1.165, 1.54) is 0 Å². The Morgan fingerprint density at radius 3 is 2.68 bits per heavy atom. The van der Waals surface area contributed by atoms with Crippen LogP contribution in [0.3, 0.4) is 0 Å². The SMILES string of the molecule is N#Cc1ccc(CCC(=O)NCc2ccco2)cc1. The Hall–Kier alpha value is -2.54. The van der Waals surface area contributed by atoms with Gasteiger partial charge in [0.25, 0.3) is 0 Å². The van der Waals surface area contributed by atoms with Crippen molar-refractivity contribution in [2.75, 3.05) is 0 Å². The quantitative estimate of drug-likeness (QED) is 0.891. The lowest BCUT2D eigenvalue weighted by Gasteiger charge is -2.03. The summed E-state index contributed by atoms with van der Waals surface area (Å²) in [7, 11) is 0. The van der Waals surface area contributed by atoms with E-state index in [-0.39, 0.29) is 5.91 Å². The molecule has 0 fully saturated rings. The molecule has 0 aliphatic rings. The van der Waals surface area contributed by atoms with Gasteiger partial charge in [-0.25, -0.2) is 0 Å². The first kappa shape index (κ1) is 12.9. The molecule has 2 aromatic rings. The van der Waals surface area contributed by atoms with Crippen LogP contribution in [0.5, 0.6) is 0 Å². The molecule has 0 aliphatic carbocycles. The summed E-state index contributed by atoms with van der Waals surface area (Å²) in [6.07, 6.45) is 2.67. The maximum atomic E-state index is 11.6. The van der Waals surface area contributed by atoms with Gasteiger partial charge in [-0.15, -0.1) is 0 Å². The van der Waals surface area contributed by atoms with Gasteiger partial charge in [-0.3, -0.25) is 4.79 Å². The van der Waals surface area contributed by atoms with Crippen molar-refractivity contribution in [2.45, 2.75) is 19.4 Å². The summed E-state index contributed by atoms with van der Waals surface area (Å²) in [6.45, 7) is 0.416. The number of aryl methyl sites for hydroxylation is 1. The van der Waals surface area contributed by atoms with Crippen LogP contribution in [0.15, 0.2) is 47.1 Å². The summed E-state index contributed by atoms with van der Waals surface area (Å²) >= 11 is 0. The largest absolute Gasteiger partial charge is 0.467 e. The molecular formula is C15H14N2O2. The molecule has 0 bridgehead atoms. The Balaban J connectivity index is 1.75. The fraction of sp³-hybridized carbons (Fsp3) is 0.200. The minimum atomic E-state index is -0.0132. The lowest BCUT2D eigenvalue weighted by Crippen LogP contribution is -2.22. The van der Waals surface area contributed by atoms with Crippen LogP contribution >= 0.6 is 0 Å². The summed E-state index contributed by atoms with van der Waals surface area (Å²) < 4.78 is 5.13. The highest BCUT2D eigenvalue weighted by molar-refractivity contribution is 5.76. The first-order chi connectivity index (χ1) is 9.28. The zero-order valence-electron chi connectivity index (χ0n) is 10.4. The predicted octanol–water partition coefficient (Wildman–Crippen LogP) is 2.40. The molecule has 19 heavy (non-hydrogen) atoms. The highest BCUT2D eigenvalue weighted by Crippen LogP contribution is 2.06.